The number of Topliss-reactive ketones (excluding diaryl/α,β-unsaturated/α-hetero) is 2. The van der Waals surface area contributed by atoms with E-state index in [2.05, 4.69) is 0 Å². The first-order valence-electron chi connectivity index (χ1n) is 1.66. The second-order valence-corrected chi connectivity index (χ2v) is 1.11. The van der Waals surface area contributed by atoms with E-state index in [-0.39, 0.29) is 31.0 Å². The molecule has 0 aromatic heterocycles. The number of carbonyl (C=O) groups excluding carboxylic acids is 2. The molecule has 0 heterocycles. The molecule has 0 spiro atoms. The van der Waals surface area contributed by atoms with Gasteiger partial charge in [-0.1, -0.05) is 0 Å². The maximum absolute atomic E-state index is 9.79. The quantitative estimate of drug-likeness (QED) is 0.395. The van der Waals surface area contributed by atoms with Crippen LogP contribution in [0, 0.1) is 0 Å². The van der Waals surface area contributed by atoms with Gasteiger partial charge in [-0.25, -0.2) is 0 Å². The van der Waals surface area contributed by atoms with Crippen molar-refractivity contribution in [3.63, 3.8) is 0 Å². The van der Waals surface area contributed by atoms with E-state index in [9.17, 15) is 9.59 Å². The Morgan fingerprint density at radius 1 is 1.00 bits per heavy atom. The van der Waals surface area contributed by atoms with Crippen LogP contribution in [0.1, 0.15) is 13.8 Å². The summed E-state index contributed by atoms with van der Waals surface area (Å²) in [5.74, 6) is -0.759. The summed E-state index contributed by atoms with van der Waals surface area (Å²) >= 11 is 0. The van der Waals surface area contributed by atoms with Crippen LogP contribution in [0.25, 0.3) is 0 Å². The van der Waals surface area contributed by atoms with E-state index < -0.39 is 0 Å². The molecule has 0 unspecified atom stereocenters. The molecule has 0 aromatic rings. The topological polar surface area (TPSA) is 34.1 Å². The molecular formula is C4H6O2Zn. The molecule has 0 bridgehead atoms. The van der Waals surface area contributed by atoms with Gasteiger partial charge in [0.25, 0.3) is 0 Å². The number of hydrogen-bond acceptors (Lipinski definition) is 2. The molecule has 3 heteroatoms. The van der Waals surface area contributed by atoms with Crippen LogP contribution in [0.15, 0.2) is 0 Å². The summed E-state index contributed by atoms with van der Waals surface area (Å²) in [6, 6.07) is 0. The fraction of sp³-hybridized carbons (Fsp3) is 0.500. The van der Waals surface area contributed by atoms with Crippen LogP contribution < -0.4 is 0 Å². The molecular weight excluding hydrogens is 145 g/mol. The zero-order chi connectivity index (χ0) is 5.15. The normalized spacial score (nSPS) is 6.57. The van der Waals surface area contributed by atoms with Crippen molar-refractivity contribution < 1.29 is 29.1 Å². The Morgan fingerprint density at radius 3 is 1.14 bits per heavy atom. The fourth-order valence-corrected chi connectivity index (χ4v) is 0. The Bertz CT molecular complexity index is 75.7. The van der Waals surface area contributed by atoms with Crippen LogP contribution in [0.5, 0.6) is 0 Å². The molecule has 2 nitrogen and oxygen atoms in total. The minimum atomic E-state index is -0.380. The van der Waals surface area contributed by atoms with E-state index in [4.69, 9.17) is 0 Å². The first-order valence-corrected chi connectivity index (χ1v) is 1.66. The predicted molar refractivity (Wildman–Crippen MR) is 21.4 cm³/mol. The Kier molecular flexibility index (Phi) is 5.93. The third-order valence-electron chi connectivity index (χ3n) is 0.496. The number of rotatable bonds is 1. The van der Waals surface area contributed by atoms with Crippen molar-refractivity contribution in [2.24, 2.45) is 0 Å². The van der Waals surface area contributed by atoms with E-state index in [0.717, 1.165) is 0 Å². The molecule has 36 valence electrons. The molecule has 0 saturated carbocycles. The molecule has 0 atom stereocenters. The van der Waals surface area contributed by atoms with Gasteiger partial charge in [0.1, 0.15) is 0 Å². The minimum Gasteiger partial charge on any atom is -0.291 e. The molecule has 0 amide bonds. The summed E-state index contributed by atoms with van der Waals surface area (Å²) in [4.78, 5) is 19.6. The van der Waals surface area contributed by atoms with Crippen LogP contribution in [-0.2, 0) is 29.1 Å². The van der Waals surface area contributed by atoms with Crippen LogP contribution >= 0.6 is 0 Å². The van der Waals surface area contributed by atoms with Gasteiger partial charge in [-0.2, -0.15) is 0 Å². The second-order valence-electron chi connectivity index (χ2n) is 1.11. The molecule has 0 aliphatic carbocycles. The maximum atomic E-state index is 9.79. The molecule has 0 saturated heterocycles. The van der Waals surface area contributed by atoms with Gasteiger partial charge in [0, 0.05) is 33.3 Å². The number of carbonyl (C=O) groups is 2. The third-order valence-corrected chi connectivity index (χ3v) is 0.496. The van der Waals surface area contributed by atoms with Gasteiger partial charge in [0.2, 0.25) is 0 Å². The average molecular weight is 151 g/mol. The smallest absolute Gasteiger partial charge is 0.195 e. The largest absolute Gasteiger partial charge is 0.291 e. The Morgan fingerprint density at radius 2 is 1.14 bits per heavy atom. The Balaban J connectivity index is 0. The van der Waals surface area contributed by atoms with Crippen molar-refractivity contribution in [2.75, 3.05) is 0 Å². The summed E-state index contributed by atoms with van der Waals surface area (Å²) in [6.07, 6.45) is 0. The van der Waals surface area contributed by atoms with Crippen molar-refractivity contribution in [1.82, 2.24) is 0 Å². The van der Waals surface area contributed by atoms with Gasteiger partial charge >= 0.3 is 0 Å². The molecule has 0 aliphatic heterocycles. The molecule has 0 fully saturated rings. The average Bonchev–Trinajstić information content (AvgIpc) is 1.36. The standard InChI is InChI=1S/C4H6O2.Zn/c1-3(5)4(2)6;/h1-2H3;. The van der Waals surface area contributed by atoms with E-state index >= 15 is 0 Å². The van der Waals surface area contributed by atoms with Gasteiger partial charge in [-0.15, -0.1) is 0 Å². The van der Waals surface area contributed by atoms with Crippen molar-refractivity contribution in [3.05, 3.63) is 0 Å². The summed E-state index contributed by atoms with van der Waals surface area (Å²) < 4.78 is 0. The molecule has 0 aromatic carbocycles. The zero-order valence-corrected chi connectivity index (χ0v) is 7.49. The predicted octanol–water partition coefficient (Wildman–Crippen LogP) is 0.162. The van der Waals surface area contributed by atoms with E-state index in [1.54, 1.807) is 0 Å². The summed E-state index contributed by atoms with van der Waals surface area (Å²) in [5.41, 5.74) is 0. The van der Waals surface area contributed by atoms with E-state index in [1.165, 1.54) is 13.8 Å². The molecule has 7 heavy (non-hydrogen) atoms. The SMILES string of the molecule is CC(=O)C(C)=O.[Zn]. The van der Waals surface area contributed by atoms with Gasteiger partial charge in [-0.05, 0) is 0 Å². The molecule has 0 rings (SSSR count). The number of ketones is 2. The number of hydrogen-bond donors (Lipinski definition) is 0. The Hall–Kier alpha value is -0.0366. The van der Waals surface area contributed by atoms with Gasteiger partial charge in [-0.3, -0.25) is 9.59 Å². The summed E-state index contributed by atoms with van der Waals surface area (Å²) in [5, 5.41) is 0. The Labute approximate surface area is 55.0 Å². The molecule has 0 aliphatic rings. The monoisotopic (exact) mass is 150 g/mol. The van der Waals surface area contributed by atoms with Crippen LogP contribution in [0.3, 0.4) is 0 Å². The van der Waals surface area contributed by atoms with Crippen LogP contribution in [0.4, 0.5) is 0 Å². The first-order chi connectivity index (χ1) is 2.64. The van der Waals surface area contributed by atoms with Gasteiger partial charge in [0.15, 0.2) is 11.6 Å². The van der Waals surface area contributed by atoms with Crippen molar-refractivity contribution in [3.8, 4) is 0 Å². The molecule has 0 N–H and O–H groups in total. The summed E-state index contributed by atoms with van der Waals surface area (Å²) in [7, 11) is 0. The van der Waals surface area contributed by atoms with Crippen molar-refractivity contribution in [2.45, 2.75) is 13.8 Å². The van der Waals surface area contributed by atoms with E-state index in [1.807, 2.05) is 0 Å². The van der Waals surface area contributed by atoms with Crippen molar-refractivity contribution >= 4 is 11.6 Å². The van der Waals surface area contributed by atoms with Crippen LogP contribution in [-0.4, -0.2) is 11.6 Å². The molecule has 0 radical (unpaired) electrons. The second kappa shape index (κ2) is 4.13. The fourth-order valence-electron chi connectivity index (χ4n) is 0. The van der Waals surface area contributed by atoms with Crippen molar-refractivity contribution in [1.29, 1.82) is 0 Å². The summed E-state index contributed by atoms with van der Waals surface area (Å²) in [6.45, 7) is 2.50. The van der Waals surface area contributed by atoms with Crippen LogP contribution in [0.2, 0.25) is 0 Å². The zero-order valence-electron chi connectivity index (χ0n) is 4.52. The maximum Gasteiger partial charge on any atom is 0.195 e. The third kappa shape index (κ3) is 5.96. The first kappa shape index (κ1) is 10.1. The minimum absolute atomic E-state index is 0. The van der Waals surface area contributed by atoms with Gasteiger partial charge < -0.3 is 0 Å². The van der Waals surface area contributed by atoms with Gasteiger partial charge in [0.05, 0.1) is 0 Å². The van der Waals surface area contributed by atoms with E-state index in [0.29, 0.717) is 0 Å².